The second-order valence-electron chi connectivity index (χ2n) is 5.51. The molecule has 0 fully saturated rings. The molecule has 0 saturated heterocycles. The highest BCUT2D eigenvalue weighted by Crippen LogP contribution is 2.31. The molecule has 0 amide bonds. The van der Waals surface area contributed by atoms with Gasteiger partial charge in [0.15, 0.2) is 5.78 Å². The molecular weight excluding hydrogens is 338 g/mol. The van der Waals surface area contributed by atoms with Crippen LogP contribution >= 0.6 is 0 Å². The summed E-state index contributed by atoms with van der Waals surface area (Å²) in [6.45, 7) is 2.14. The van der Waals surface area contributed by atoms with Gasteiger partial charge in [0.05, 0.1) is 11.1 Å². The van der Waals surface area contributed by atoms with Crippen LogP contribution in [0.15, 0.2) is 54.2 Å². The van der Waals surface area contributed by atoms with Crippen molar-refractivity contribution >= 4 is 17.4 Å². The molecule has 3 rings (SSSR count). The van der Waals surface area contributed by atoms with Crippen LogP contribution in [-0.2, 0) is 4.74 Å². The number of anilines is 1. The number of aromatic hydroxyl groups is 1. The van der Waals surface area contributed by atoms with Crippen LogP contribution < -0.4 is 10.1 Å². The van der Waals surface area contributed by atoms with E-state index in [1.807, 2.05) is 0 Å². The number of hydrogen-bond acceptors (Lipinski definition) is 6. The zero-order chi connectivity index (χ0) is 18.7. The highest BCUT2D eigenvalue weighted by molar-refractivity contribution is 6.12. The van der Waals surface area contributed by atoms with Gasteiger partial charge in [0.1, 0.15) is 17.1 Å². The fraction of sp³-hybridized carbons (Fsp3) is 0.158. The molecule has 1 aliphatic heterocycles. The summed E-state index contributed by atoms with van der Waals surface area (Å²) in [4.78, 5) is 23.9. The molecule has 7 heteroatoms. The van der Waals surface area contributed by atoms with Gasteiger partial charge in [0, 0.05) is 18.5 Å². The number of ether oxygens (including phenoxy) is 2. The first-order valence-electron chi connectivity index (χ1n) is 7.96. The number of carbonyl (C=O) groups is 2. The van der Waals surface area contributed by atoms with Crippen molar-refractivity contribution in [3.63, 3.8) is 0 Å². The van der Waals surface area contributed by atoms with Crippen molar-refractivity contribution < 1.29 is 29.3 Å². The normalized spacial score (nSPS) is 17.5. The SMILES string of the molecule is CCOC1Oc2ccccc2C(=O)/C1=C/Nc1ccc(O)c(C(=O)O)c1. The van der Waals surface area contributed by atoms with E-state index in [4.69, 9.17) is 14.6 Å². The highest BCUT2D eigenvalue weighted by Gasteiger charge is 2.32. The molecule has 2 aromatic carbocycles. The zero-order valence-electron chi connectivity index (χ0n) is 13.9. The van der Waals surface area contributed by atoms with Gasteiger partial charge in [-0.25, -0.2) is 4.79 Å². The van der Waals surface area contributed by atoms with Gasteiger partial charge in [0.25, 0.3) is 0 Å². The Morgan fingerprint density at radius 2 is 2.08 bits per heavy atom. The summed E-state index contributed by atoms with van der Waals surface area (Å²) >= 11 is 0. The Kier molecular flexibility index (Phi) is 4.90. The minimum atomic E-state index is -1.25. The van der Waals surface area contributed by atoms with Crippen LogP contribution in [0.1, 0.15) is 27.6 Å². The van der Waals surface area contributed by atoms with Crippen molar-refractivity contribution in [2.24, 2.45) is 0 Å². The Labute approximate surface area is 149 Å². The second-order valence-corrected chi connectivity index (χ2v) is 5.51. The van der Waals surface area contributed by atoms with Gasteiger partial charge in [-0.15, -0.1) is 0 Å². The Hall–Kier alpha value is -3.32. The number of para-hydroxylation sites is 1. The average molecular weight is 355 g/mol. The van der Waals surface area contributed by atoms with E-state index >= 15 is 0 Å². The number of ketones is 1. The molecule has 1 atom stereocenters. The predicted octanol–water partition coefficient (Wildman–Crippen LogP) is 3.02. The van der Waals surface area contributed by atoms with E-state index in [0.29, 0.717) is 23.6 Å². The minimum absolute atomic E-state index is 0.241. The third-order valence-corrected chi connectivity index (χ3v) is 3.82. The summed E-state index contributed by atoms with van der Waals surface area (Å²) < 4.78 is 11.2. The minimum Gasteiger partial charge on any atom is -0.507 e. The maximum Gasteiger partial charge on any atom is 0.339 e. The van der Waals surface area contributed by atoms with Gasteiger partial charge in [-0.2, -0.15) is 0 Å². The molecule has 2 aromatic rings. The number of phenols is 1. The van der Waals surface area contributed by atoms with Crippen molar-refractivity contribution in [3.05, 3.63) is 65.4 Å². The van der Waals surface area contributed by atoms with E-state index in [-0.39, 0.29) is 22.7 Å². The topological polar surface area (TPSA) is 105 Å². The van der Waals surface area contributed by atoms with Crippen LogP contribution in [-0.4, -0.2) is 34.9 Å². The maximum absolute atomic E-state index is 12.8. The lowest BCUT2D eigenvalue weighted by Crippen LogP contribution is -2.33. The average Bonchev–Trinajstić information content (AvgIpc) is 2.62. The summed E-state index contributed by atoms with van der Waals surface area (Å²) in [5.74, 6) is -1.38. The van der Waals surface area contributed by atoms with Gasteiger partial charge in [-0.3, -0.25) is 4.79 Å². The Bertz CT molecular complexity index is 889. The summed E-state index contributed by atoms with van der Waals surface area (Å²) in [5, 5.41) is 21.5. The van der Waals surface area contributed by atoms with Crippen LogP contribution in [0, 0.1) is 0 Å². The first kappa shape index (κ1) is 17.5. The molecule has 0 radical (unpaired) electrons. The molecule has 3 N–H and O–H groups in total. The predicted molar refractivity (Wildman–Crippen MR) is 93.6 cm³/mol. The van der Waals surface area contributed by atoms with Crippen molar-refractivity contribution in [2.75, 3.05) is 11.9 Å². The van der Waals surface area contributed by atoms with Crippen molar-refractivity contribution in [3.8, 4) is 11.5 Å². The first-order chi connectivity index (χ1) is 12.5. The van der Waals surface area contributed by atoms with E-state index in [2.05, 4.69) is 5.32 Å². The number of fused-ring (bicyclic) bond motifs is 1. The molecule has 0 spiro atoms. The number of carbonyl (C=O) groups excluding carboxylic acids is 1. The third-order valence-electron chi connectivity index (χ3n) is 3.82. The third kappa shape index (κ3) is 3.38. The number of Topliss-reactive ketones (excluding diaryl/α,β-unsaturated/α-hetero) is 1. The van der Waals surface area contributed by atoms with Crippen LogP contribution in [0.2, 0.25) is 0 Å². The summed E-state index contributed by atoms with van der Waals surface area (Å²) in [7, 11) is 0. The van der Waals surface area contributed by atoms with Crippen LogP contribution in [0.25, 0.3) is 0 Å². The molecule has 7 nitrogen and oxygen atoms in total. The number of carboxylic acids is 1. The molecule has 134 valence electrons. The summed E-state index contributed by atoms with van der Waals surface area (Å²) in [6.07, 6.45) is 0.558. The van der Waals surface area contributed by atoms with E-state index in [1.165, 1.54) is 24.4 Å². The van der Waals surface area contributed by atoms with Crippen LogP contribution in [0.3, 0.4) is 0 Å². The fourth-order valence-corrected chi connectivity index (χ4v) is 2.57. The lowest BCUT2D eigenvalue weighted by atomic mass is 10.00. The summed E-state index contributed by atoms with van der Waals surface area (Å²) in [5.41, 5.74) is 0.838. The van der Waals surface area contributed by atoms with E-state index < -0.39 is 12.3 Å². The lowest BCUT2D eigenvalue weighted by molar-refractivity contribution is -0.0509. The van der Waals surface area contributed by atoms with Gasteiger partial charge in [0.2, 0.25) is 6.29 Å². The lowest BCUT2D eigenvalue weighted by Gasteiger charge is -2.27. The maximum atomic E-state index is 12.8. The van der Waals surface area contributed by atoms with Crippen LogP contribution in [0.5, 0.6) is 11.5 Å². The fourth-order valence-electron chi connectivity index (χ4n) is 2.57. The molecule has 1 heterocycles. The van der Waals surface area contributed by atoms with Gasteiger partial charge >= 0.3 is 5.97 Å². The molecule has 0 bridgehead atoms. The van der Waals surface area contributed by atoms with E-state index in [9.17, 15) is 14.7 Å². The molecule has 1 unspecified atom stereocenters. The number of rotatable bonds is 5. The van der Waals surface area contributed by atoms with Crippen molar-refractivity contribution in [1.82, 2.24) is 0 Å². The van der Waals surface area contributed by atoms with Crippen LogP contribution in [0.4, 0.5) is 5.69 Å². The van der Waals surface area contributed by atoms with Crippen molar-refractivity contribution in [2.45, 2.75) is 13.2 Å². The van der Waals surface area contributed by atoms with E-state index in [0.717, 1.165) is 0 Å². The Morgan fingerprint density at radius 1 is 1.31 bits per heavy atom. The number of nitrogens with one attached hydrogen (secondary N) is 1. The smallest absolute Gasteiger partial charge is 0.339 e. The second kappa shape index (κ2) is 7.28. The molecule has 0 aliphatic carbocycles. The van der Waals surface area contributed by atoms with Gasteiger partial charge < -0.3 is 25.0 Å². The highest BCUT2D eigenvalue weighted by atomic mass is 16.7. The molecule has 26 heavy (non-hydrogen) atoms. The molecule has 0 saturated carbocycles. The number of carboxylic acid groups (broad SMARTS) is 1. The monoisotopic (exact) mass is 355 g/mol. The molecule has 0 aromatic heterocycles. The Balaban J connectivity index is 1.92. The number of hydrogen-bond donors (Lipinski definition) is 3. The zero-order valence-corrected chi connectivity index (χ0v) is 13.9. The van der Waals surface area contributed by atoms with Gasteiger partial charge in [-0.05, 0) is 37.3 Å². The first-order valence-corrected chi connectivity index (χ1v) is 7.96. The summed E-state index contributed by atoms with van der Waals surface area (Å²) in [6, 6.07) is 10.9. The molecule has 1 aliphatic rings. The number of aromatic carboxylic acids is 1. The van der Waals surface area contributed by atoms with Crippen molar-refractivity contribution in [1.29, 1.82) is 0 Å². The molecular formula is C19H17NO6. The number of benzene rings is 2. The standard InChI is InChI=1S/C19H17NO6/c1-2-25-19-14(17(22)12-5-3-4-6-16(12)26-19)10-20-11-7-8-15(21)13(9-11)18(23)24/h3-10,19-21H,2H2,1H3,(H,23,24)/b14-10-. The van der Waals surface area contributed by atoms with Gasteiger partial charge in [-0.1, -0.05) is 12.1 Å². The largest absolute Gasteiger partial charge is 0.507 e. The Morgan fingerprint density at radius 3 is 2.81 bits per heavy atom. The van der Waals surface area contributed by atoms with E-state index in [1.54, 1.807) is 31.2 Å². The quantitative estimate of drug-likeness (QED) is 0.559.